The maximum absolute atomic E-state index is 12.9. The van der Waals surface area contributed by atoms with Crippen molar-refractivity contribution in [3.05, 3.63) is 29.8 Å². The summed E-state index contributed by atoms with van der Waals surface area (Å²) in [7, 11) is -1.52. The van der Waals surface area contributed by atoms with Gasteiger partial charge in [0.1, 0.15) is 6.10 Å². The number of hydrogen-bond acceptors (Lipinski definition) is 7. The lowest BCUT2D eigenvalue weighted by Gasteiger charge is -2.32. The van der Waals surface area contributed by atoms with Crippen LogP contribution in [0.15, 0.2) is 29.2 Å². The van der Waals surface area contributed by atoms with Gasteiger partial charge in [-0.3, -0.25) is 18.6 Å². The maximum Gasteiger partial charge on any atom is 0.303 e. The average molecular weight is 427 g/mol. The van der Waals surface area contributed by atoms with Crippen LogP contribution in [-0.4, -0.2) is 46.2 Å². The Kier molecular flexibility index (Phi) is 10.6. The van der Waals surface area contributed by atoms with Gasteiger partial charge in [0.05, 0.1) is 16.6 Å². The Morgan fingerprint density at radius 3 is 1.90 bits per heavy atom. The predicted octanol–water partition coefficient (Wildman–Crippen LogP) is 3.09. The highest BCUT2D eigenvalue weighted by molar-refractivity contribution is 7.85. The molecule has 1 aromatic carbocycles. The van der Waals surface area contributed by atoms with Gasteiger partial charge in [0.15, 0.2) is 12.2 Å². The SMILES string of the molecule is CCCC[C@H](OC(C)=O)[C@@H](OC(C)=O)[C@@H](C[S@@](=O)c1ccc(C)cc1)OC(C)=O. The monoisotopic (exact) mass is 426 g/mol. The minimum absolute atomic E-state index is 0.0928. The van der Waals surface area contributed by atoms with Gasteiger partial charge >= 0.3 is 17.9 Å². The van der Waals surface area contributed by atoms with E-state index in [1.165, 1.54) is 20.8 Å². The molecule has 0 saturated heterocycles. The Bertz CT molecular complexity index is 714. The van der Waals surface area contributed by atoms with Crippen LogP contribution in [0.2, 0.25) is 0 Å². The first-order chi connectivity index (χ1) is 13.6. The topological polar surface area (TPSA) is 96.0 Å². The van der Waals surface area contributed by atoms with Crippen LogP contribution in [0.5, 0.6) is 0 Å². The van der Waals surface area contributed by atoms with Gasteiger partial charge in [0, 0.05) is 25.7 Å². The molecular weight excluding hydrogens is 396 g/mol. The number of ether oxygens (including phenoxy) is 3. The first-order valence-electron chi connectivity index (χ1n) is 9.60. The van der Waals surface area contributed by atoms with Crippen molar-refractivity contribution in [3.63, 3.8) is 0 Å². The summed E-state index contributed by atoms with van der Waals surface area (Å²) in [5.74, 6) is -1.85. The largest absolute Gasteiger partial charge is 0.458 e. The van der Waals surface area contributed by atoms with E-state index in [2.05, 4.69) is 0 Å². The second kappa shape index (κ2) is 12.4. The Hall–Kier alpha value is -2.22. The van der Waals surface area contributed by atoms with E-state index < -0.39 is 47.0 Å². The lowest BCUT2D eigenvalue weighted by atomic mass is 10.0. The molecule has 162 valence electrons. The first kappa shape index (κ1) is 24.8. The minimum Gasteiger partial charge on any atom is -0.458 e. The maximum atomic E-state index is 12.9. The molecule has 0 aliphatic heterocycles. The van der Waals surface area contributed by atoms with Crippen molar-refractivity contribution in [2.45, 2.75) is 77.1 Å². The lowest BCUT2D eigenvalue weighted by molar-refractivity contribution is -0.181. The zero-order valence-corrected chi connectivity index (χ0v) is 18.5. The third-order valence-electron chi connectivity index (χ3n) is 4.11. The normalized spacial score (nSPS) is 14.9. The van der Waals surface area contributed by atoms with E-state index in [-0.39, 0.29) is 5.75 Å². The van der Waals surface area contributed by atoms with Gasteiger partial charge in [-0.15, -0.1) is 0 Å². The average Bonchev–Trinajstić information content (AvgIpc) is 2.62. The van der Waals surface area contributed by atoms with Crippen LogP contribution in [0, 0.1) is 6.92 Å². The van der Waals surface area contributed by atoms with E-state index in [0.29, 0.717) is 17.7 Å². The molecule has 0 aromatic heterocycles. The second-order valence-electron chi connectivity index (χ2n) is 6.84. The number of esters is 3. The molecule has 0 amide bonds. The highest BCUT2D eigenvalue weighted by Crippen LogP contribution is 2.21. The van der Waals surface area contributed by atoms with Crippen LogP contribution in [0.1, 0.15) is 52.5 Å². The molecule has 1 aromatic rings. The zero-order valence-electron chi connectivity index (χ0n) is 17.6. The Labute approximate surface area is 174 Å². The molecule has 0 heterocycles. The molecule has 1 rings (SSSR count). The van der Waals surface area contributed by atoms with Crippen molar-refractivity contribution < 1.29 is 32.8 Å². The molecule has 0 N–H and O–H groups in total. The van der Waals surface area contributed by atoms with Crippen molar-refractivity contribution >= 4 is 28.7 Å². The zero-order chi connectivity index (χ0) is 22.0. The smallest absolute Gasteiger partial charge is 0.303 e. The molecule has 8 heteroatoms. The summed E-state index contributed by atoms with van der Waals surface area (Å²) in [6, 6.07) is 7.14. The van der Waals surface area contributed by atoms with Gasteiger partial charge in [-0.1, -0.05) is 31.0 Å². The second-order valence-corrected chi connectivity index (χ2v) is 8.33. The van der Waals surface area contributed by atoms with Crippen LogP contribution >= 0.6 is 0 Å². The number of carbonyl (C=O) groups is 3. The van der Waals surface area contributed by atoms with Crippen molar-refractivity contribution in [3.8, 4) is 0 Å². The number of benzene rings is 1. The van der Waals surface area contributed by atoms with Gasteiger partial charge in [-0.25, -0.2) is 0 Å². The molecule has 0 aliphatic carbocycles. The molecular formula is C21H30O7S. The fraction of sp³-hybridized carbons (Fsp3) is 0.571. The fourth-order valence-corrected chi connectivity index (χ4v) is 4.02. The van der Waals surface area contributed by atoms with E-state index in [4.69, 9.17) is 14.2 Å². The van der Waals surface area contributed by atoms with E-state index in [0.717, 1.165) is 12.0 Å². The van der Waals surface area contributed by atoms with Crippen LogP contribution in [0.4, 0.5) is 0 Å². The summed E-state index contributed by atoms with van der Waals surface area (Å²) in [4.78, 5) is 35.6. The predicted molar refractivity (Wildman–Crippen MR) is 109 cm³/mol. The standard InChI is InChI=1S/C21H30O7S/c1-6-7-8-19(26-15(3)22)21(28-17(5)24)20(27-16(4)23)13-29(25)18-11-9-14(2)10-12-18/h9-12,19-21H,6-8,13H2,1-5H3/t19-,20+,21+,29+/m0/s1. The van der Waals surface area contributed by atoms with Crippen LogP contribution < -0.4 is 0 Å². The summed E-state index contributed by atoms with van der Waals surface area (Å²) < 4.78 is 29.0. The Morgan fingerprint density at radius 1 is 0.897 bits per heavy atom. The first-order valence-corrected chi connectivity index (χ1v) is 10.9. The Balaban J connectivity index is 3.19. The highest BCUT2D eigenvalue weighted by Gasteiger charge is 2.37. The number of hydrogen-bond donors (Lipinski definition) is 0. The quantitative estimate of drug-likeness (QED) is 0.396. The number of unbranched alkanes of at least 4 members (excludes halogenated alkanes) is 1. The van der Waals surface area contributed by atoms with Gasteiger partial charge in [-0.05, 0) is 31.9 Å². The van der Waals surface area contributed by atoms with Gasteiger partial charge in [0.2, 0.25) is 0 Å². The van der Waals surface area contributed by atoms with Crippen LogP contribution in [0.3, 0.4) is 0 Å². The van der Waals surface area contributed by atoms with Crippen molar-refractivity contribution in [2.75, 3.05) is 5.75 Å². The number of carbonyl (C=O) groups excluding carboxylic acids is 3. The molecule has 0 aliphatic rings. The molecule has 7 nitrogen and oxygen atoms in total. The van der Waals surface area contributed by atoms with E-state index in [1.807, 2.05) is 26.0 Å². The molecule has 0 radical (unpaired) electrons. The fourth-order valence-electron chi connectivity index (χ4n) is 2.84. The molecule has 0 spiro atoms. The third-order valence-corrected chi connectivity index (χ3v) is 5.54. The van der Waals surface area contributed by atoms with Gasteiger partial charge in [-0.2, -0.15) is 0 Å². The summed E-state index contributed by atoms with van der Waals surface area (Å²) in [6.45, 7) is 7.60. The van der Waals surface area contributed by atoms with Crippen LogP contribution in [-0.2, 0) is 39.4 Å². The third kappa shape index (κ3) is 9.21. The van der Waals surface area contributed by atoms with Crippen LogP contribution in [0.25, 0.3) is 0 Å². The highest BCUT2D eigenvalue weighted by atomic mass is 32.2. The molecule has 4 atom stereocenters. The van der Waals surface area contributed by atoms with Crippen molar-refractivity contribution in [1.82, 2.24) is 0 Å². The molecule has 0 bridgehead atoms. The summed E-state index contributed by atoms with van der Waals surface area (Å²) in [5.41, 5.74) is 1.02. The molecule has 29 heavy (non-hydrogen) atoms. The summed E-state index contributed by atoms with van der Waals surface area (Å²) >= 11 is 0. The molecule has 0 saturated carbocycles. The number of rotatable bonds is 11. The summed E-state index contributed by atoms with van der Waals surface area (Å²) in [5, 5.41) is 0. The Morgan fingerprint density at radius 2 is 1.41 bits per heavy atom. The molecule has 0 fully saturated rings. The van der Waals surface area contributed by atoms with Gasteiger partial charge in [0.25, 0.3) is 0 Å². The van der Waals surface area contributed by atoms with E-state index in [9.17, 15) is 18.6 Å². The van der Waals surface area contributed by atoms with E-state index >= 15 is 0 Å². The van der Waals surface area contributed by atoms with Crippen molar-refractivity contribution in [2.24, 2.45) is 0 Å². The molecule has 0 unspecified atom stereocenters. The van der Waals surface area contributed by atoms with E-state index in [1.54, 1.807) is 12.1 Å². The minimum atomic E-state index is -1.52. The van der Waals surface area contributed by atoms with Gasteiger partial charge < -0.3 is 14.2 Å². The lowest BCUT2D eigenvalue weighted by Crippen LogP contribution is -2.47. The number of aryl methyl sites for hydroxylation is 1. The summed E-state index contributed by atoms with van der Waals surface area (Å²) in [6.07, 6.45) is -0.929. The van der Waals surface area contributed by atoms with Crippen molar-refractivity contribution in [1.29, 1.82) is 0 Å².